The lowest BCUT2D eigenvalue weighted by molar-refractivity contribution is 0.274. The molecule has 3 aromatic rings. The summed E-state index contributed by atoms with van der Waals surface area (Å²) in [4.78, 5) is 21.7. The molecule has 0 aliphatic rings. The molecule has 28 heavy (non-hydrogen) atoms. The number of nitrogens with one attached hydrogen (secondary N) is 2. The molecule has 0 atom stereocenters. The molecule has 0 saturated carbocycles. The molecule has 3 aromatic heterocycles. The maximum absolute atomic E-state index is 12.9. The predicted octanol–water partition coefficient (Wildman–Crippen LogP) is 2.61. The van der Waals surface area contributed by atoms with E-state index in [1.807, 2.05) is 26.8 Å². The number of aromatic nitrogens is 3. The number of nitrogens with zero attached hydrogens (tertiary/aromatic N) is 4. The van der Waals surface area contributed by atoms with Gasteiger partial charge in [-0.1, -0.05) is 0 Å². The van der Waals surface area contributed by atoms with E-state index in [-0.39, 0.29) is 24.2 Å². The molecular weight excluding hydrogens is 356 g/mol. The summed E-state index contributed by atoms with van der Waals surface area (Å²) in [5, 5.41) is 25.8. The molecule has 0 spiro atoms. The molecule has 0 radical (unpaired) electrons. The first-order valence-electron chi connectivity index (χ1n) is 8.87. The molecule has 0 amide bonds. The van der Waals surface area contributed by atoms with Crippen molar-refractivity contribution in [3.05, 3.63) is 52.6 Å². The largest absolute Gasteiger partial charge is 0.395 e. The summed E-state index contributed by atoms with van der Waals surface area (Å²) >= 11 is 0. The first-order chi connectivity index (χ1) is 13.3. The van der Waals surface area contributed by atoms with Gasteiger partial charge in [-0.25, -0.2) is 9.97 Å². The summed E-state index contributed by atoms with van der Waals surface area (Å²) in [6, 6.07) is 8.89. The van der Waals surface area contributed by atoms with Gasteiger partial charge in [0.1, 0.15) is 17.5 Å². The summed E-state index contributed by atoms with van der Waals surface area (Å²) in [7, 11) is 0. The Balaban J connectivity index is 2.13. The molecule has 0 aliphatic carbocycles. The highest BCUT2D eigenvalue weighted by molar-refractivity contribution is 5.93. The van der Waals surface area contributed by atoms with Crippen LogP contribution in [0.3, 0.4) is 0 Å². The van der Waals surface area contributed by atoms with Gasteiger partial charge in [0.15, 0.2) is 0 Å². The normalized spacial score (nSPS) is 11.2. The van der Waals surface area contributed by atoms with Gasteiger partial charge < -0.3 is 20.3 Å². The fourth-order valence-corrected chi connectivity index (χ4v) is 2.80. The molecule has 0 saturated heterocycles. The summed E-state index contributed by atoms with van der Waals surface area (Å²) in [6.07, 6.45) is 3.20. The second-order valence-corrected chi connectivity index (χ2v) is 7.40. The smallest absolute Gasteiger partial charge is 0.262 e. The van der Waals surface area contributed by atoms with Gasteiger partial charge in [0.25, 0.3) is 5.56 Å². The van der Waals surface area contributed by atoms with Gasteiger partial charge in [0, 0.05) is 24.5 Å². The van der Waals surface area contributed by atoms with Gasteiger partial charge in [-0.3, -0.25) is 4.79 Å². The molecule has 3 N–H and O–H groups in total. The van der Waals surface area contributed by atoms with Gasteiger partial charge in [-0.05, 0) is 50.4 Å². The summed E-state index contributed by atoms with van der Waals surface area (Å²) in [5.74, 6) is 1.43. The fourth-order valence-electron chi connectivity index (χ4n) is 2.80. The maximum atomic E-state index is 12.9. The van der Waals surface area contributed by atoms with Crippen LogP contribution in [0.15, 0.2) is 41.5 Å². The number of anilines is 3. The topological polar surface area (TPSA) is 116 Å². The van der Waals surface area contributed by atoms with E-state index in [9.17, 15) is 9.90 Å². The molecule has 8 heteroatoms. The Morgan fingerprint density at radius 2 is 2.04 bits per heavy atom. The van der Waals surface area contributed by atoms with E-state index in [4.69, 9.17) is 5.26 Å². The first-order valence-corrected chi connectivity index (χ1v) is 8.87. The SMILES string of the molecule is CC(C)(C)Nc1nc(Nc2cc(C#N)ccn2)cc2ccn(CCO)c(=O)c12. The minimum Gasteiger partial charge on any atom is -0.395 e. The number of rotatable bonds is 5. The van der Waals surface area contributed by atoms with Crippen LogP contribution in [0.5, 0.6) is 0 Å². The number of hydrogen-bond acceptors (Lipinski definition) is 7. The van der Waals surface area contributed by atoms with Crippen LogP contribution >= 0.6 is 0 Å². The van der Waals surface area contributed by atoms with Crippen molar-refractivity contribution in [3.8, 4) is 6.07 Å². The number of nitriles is 1. The number of pyridine rings is 3. The lowest BCUT2D eigenvalue weighted by atomic mass is 10.1. The standard InChI is InChI=1S/C20H22N6O2/c1-20(2,3)25-18-17-14(5-7-26(8-9-27)19(17)28)11-16(24-18)23-15-10-13(12-21)4-6-22-15/h4-7,10-11,27H,8-9H2,1-3H3,(H2,22,23,24,25). The van der Waals surface area contributed by atoms with Gasteiger partial charge in [-0.15, -0.1) is 0 Å². The second-order valence-electron chi connectivity index (χ2n) is 7.40. The van der Waals surface area contributed by atoms with Crippen molar-refractivity contribution in [1.82, 2.24) is 14.5 Å². The Morgan fingerprint density at radius 1 is 1.25 bits per heavy atom. The second kappa shape index (κ2) is 7.66. The van der Waals surface area contributed by atoms with Crippen molar-refractivity contribution in [2.45, 2.75) is 32.9 Å². The lowest BCUT2D eigenvalue weighted by Gasteiger charge is -2.23. The number of hydrogen-bond donors (Lipinski definition) is 3. The zero-order chi connectivity index (χ0) is 20.3. The quantitative estimate of drug-likeness (QED) is 0.625. The molecule has 0 bridgehead atoms. The maximum Gasteiger partial charge on any atom is 0.262 e. The van der Waals surface area contributed by atoms with Gasteiger partial charge >= 0.3 is 0 Å². The fraction of sp³-hybridized carbons (Fsp3) is 0.300. The van der Waals surface area contributed by atoms with Crippen LogP contribution in [0.4, 0.5) is 17.5 Å². The van der Waals surface area contributed by atoms with E-state index < -0.39 is 0 Å². The van der Waals surface area contributed by atoms with Crippen molar-refractivity contribution < 1.29 is 5.11 Å². The van der Waals surface area contributed by atoms with Crippen molar-refractivity contribution in [1.29, 1.82) is 5.26 Å². The summed E-state index contributed by atoms with van der Waals surface area (Å²) in [5.41, 5.74) is -0.0538. The Bertz CT molecular complexity index is 1110. The van der Waals surface area contributed by atoms with Crippen molar-refractivity contribution in [2.75, 3.05) is 17.2 Å². The van der Waals surface area contributed by atoms with Crippen LogP contribution in [0, 0.1) is 11.3 Å². The third-order valence-electron chi connectivity index (χ3n) is 3.94. The van der Waals surface area contributed by atoms with Crippen LogP contribution in [0.25, 0.3) is 10.8 Å². The van der Waals surface area contributed by atoms with E-state index in [1.165, 1.54) is 4.57 Å². The van der Waals surface area contributed by atoms with Crippen LogP contribution < -0.4 is 16.2 Å². The van der Waals surface area contributed by atoms with E-state index in [1.54, 1.807) is 30.6 Å². The highest BCUT2D eigenvalue weighted by Gasteiger charge is 2.17. The Morgan fingerprint density at radius 3 is 2.71 bits per heavy atom. The zero-order valence-corrected chi connectivity index (χ0v) is 16.0. The van der Waals surface area contributed by atoms with Crippen molar-refractivity contribution in [3.63, 3.8) is 0 Å². The summed E-state index contributed by atoms with van der Waals surface area (Å²) in [6.45, 7) is 6.03. The number of aliphatic hydroxyl groups is 1. The molecular formula is C20H22N6O2. The van der Waals surface area contributed by atoms with E-state index in [0.29, 0.717) is 33.8 Å². The van der Waals surface area contributed by atoms with Gasteiger partial charge in [-0.2, -0.15) is 5.26 Å². The monoisotopic (exact) mass is 378 g/mol. The average Bonchev–Trinajstić information content (AvgIpc) is 2.63. The van der Waals surface area contributed by atoms with Crippen LogP contribution in [-0.2, 0) is 6.54 Å². The number of aliphatic hydroxyl groups excluding tert-OH is 1. The van der Waals surface area contributed by atoms with E-state index in [2.05, 4.69) is 26.7 Å². The highest BCUT2D eigenvalue weighted by Crippen LogP contribution is 2.26. The average molecular weight is 378 g/mol. The third-order valence-corrected chi connectivity index (χ3v) is 3.94. The molecule has 0 aromatic carbocycles. The van der Waals surface area contributed by atoms with Crippen molar-refractivity contribution in [2.24, 2.45) is 0 Å². The van der Waals surface area contributed by atoms with Crippen molar-refractivity contribution >= 4 is 28.2 Å². The van der Waals surface area contributed by atoms with Crippen LogP contribution in [0.1, 0.15) is 26.3 Å². The number of fused-ring (bicyclic) bond motifs is 1. The molecule has 3 rings (SSSR count). The minimum absolute atomic E-state index is 0.124. The molecule has 0 unspecified atom stereocenters. The Kier molecular flexibility index (Phi) is 5.29. The summed E-state index contributed by atoms with van der Waals surface area (Å²) < 4.78 is 1.46. The zero-order valence-electron chi connectivity index (χ0n) is 16.0. The molecule has 0 aliphatic heterocycles. The molecule has 0 fully saturated rings. The van der Waals surface area contributed by atoms with Gasteiger partial charge in [0.2, 0.25) is 0 Å². The third kappa shape index (κ3) is 4.27. The van der Waals surface area contributed by atoms with Gasteiger partial charge in [0.05, 0.1) is 23.6 Å². The van der Waals surface area contributed by atoms with Crippen LogP contribution in [-0.4, -0.2) is 31.8 Å². The predicted molar refractivity (Wildman–Crippen MR) is 109 cm³/mol. The first kappa shape index (κ1) is 19.3. The Hall–Kier alpha value is -3.44. The minimum atomic E-state index is -0.318. The lowest BCUT2D eigenvalue weighted by Crippen LogP contribution is -2.29. The van der Waals surface area contributed by atoms with Crippen LogP contribution in [0.2, 0.25) is 0 Å². The van der Waals surface area contributed by atoms with E-state index in [0.717, 1.165) is 0 Å². The Labute approximate surface area is 162 Å². The molecule has 3 heterocycles. The van der Waals surface area contributed by atoms with E-state index >= 15 is 0 Å². The molecule has 8 nitrogen and oxygen atoms in total. The highest BCUT2D eigenvalue weighted by atomic mass is 16.3. The molecule has 144 valence electrons.